The average Bonchev–Trinajstić information content (AvgIpc) is 1.80. The van der Waals surface area contributed by atoms with Gasteiger partial charge in [0.15, 0.2) is 0 Å². The third-order valence-electron chi connectivity index (χ3n) is 0.792. The van der Waals surface area contributed by atoms with E-state index in [-0.39, 0.29) is 11.5 Å². The predicted octanol–water partition coefficient (Wildman–Crippen LogP) is -1.19. The topological polar surface area (TPSA) is 81.2 Å². The minimum absolute atomic E-state index is 0.0278. The monoisotopic (exact) mass is 133 g/mol. The standard InChI is InChI=1S/C4H11N3O2/c5-1-2-6-3-4-7(8)9/h6H,1-5H2. The lowest BCUT2D eigenvalue weighted by Crippen LogP contribution is -2.27. The summed E-state index contributed by atoms with van der Waals surface area (Å²) in [5.41, 5.74) is 5.11. The average molecular weight is 133 g/mol. The van der Waals surface area contributed by atoms with Crippen molar-refractivity contribution in [3.63, 3.8) is 0 Å². The van der Waals surface area contributed by atoms with Crippen molar-refractivity contribution in [2.45, 2.75) is 0 Å². The molecule has 0 saturated heterocycles. The summed E-state index contributed by atoms with van der Waals surface area (Å²) in [7, 11) is 0. The first-order chi connectivity index (χ1) is 4.27. The Hall–Kier alpha value is -0.680. The van der Waals surface area contributed by atoms with Crippen LogP contribution in [0, 0.1) is 10.1 Å². The van der Waals surface area contributed by atoms with Gasteiger partial charge in [0.05, 0.1) is 6.54 Å². The molecule has 0 spiro atoms. The van der Waals surface area contributed by atoms with Crippen LogP contribution in [0.5, 0.6) is 0 Å². The predicted molar refractivity (Wildman–Crippen MR) is 33.8 cm³/mol. The molecule has 0 unspecified atom stereocenters. The van der Waals surface area contributed by atoms with Crippen LogP contribution in [0.15, 0.2) is 0 Å². The largest absolute Gasteiger partial charge is 0.329 e. The van der Waals surface area contributed by atoms with Gasteiger partial charge in [-0.05, 0) is 0 Å². The molecule has 0 aromatic rings. The maximum Gasteiger partial charge on any atom is 0.216 e. The van der Waals surface area contributed by atoms with Crippen molar-refractivity contribution in [1.82, 2.24) is 5.32 Å². The molecule has 9 heavy (non-hydrogen) atoms. The number of nitrogens with two attached hydrogens (primary N) is 1. The highest BCUT2D eigenvalue weighted by Crippen LogP contribution is 1.64. The van der Waals surface area contributed by atoms with Crippen LogP contribution in [0.3, 0.4) is 0 Å². The second-order valence-electron chi connectivity index (χ2n) is 1.60. The Morgan fingerprint density at radius 2 is 2.22 bits per heavy atom. The molecule has 0 aliphatic heterocycles. The molecule has 0 aromatic heterocycles. The molecule has 0 saturated carbocycles. The molecule has 0 aliphatic carbocycles. The van der Waals surface area contributed by atoms with E-state index in [4.69, 9.17) is 5.73 Å². The molecule has 5 heteroatoms. The van der Waals surface area contributed by atoms with Gasteiger partial charge in [0.1, 0.15) is 0 Å². The van der Waals surface area contributed by atoms with Crippen molar-refractivity contribution in [2.75, 3.05) is 26.2 Å². The summed E-state index contributed by atoms with van der Waals surface area (Å²) in [6, 6.07) is 0. The molecule has 0 amide bonds. The quantitative estimate of drug-likeness (QED) is 0.281. The van der Waals surface area contributed by atoms with E-state index in [0.717, 1.165) is 0 Å². The molecular weight excluding hydrogens is 122 g/mol. The molecule has 0 fully saturated rings. The van der Waals surface area contributed by atoms with E-state index < -0.39 is 0 Å². The molecule has 0 aliphatic rings. The van der Waals surface area contributed by atoms with Gasteiger partial charge in [-0.3, -0.25) is 10.1 Å². The number of nitrogens with zero attached hydrogens (tertiary/aromatic N) is 1. The van der Waals surface area contributed by atoms with Gasteiger partial charge in [0, 0.05) is 18.0 Å². The Morgan fingerprint density at radius 1 is 1.56 bits per heavy atom. The Morgan fingerprint density at radius 3 is 2.67 bits per heavy atom. The Balaban J connectivity index is 2.83. The van der Waals surface area contributed by atoms with E-state index in [1.165, 1.54) is 0 Å². The maximum atomic E-state index is 9.70. The Kier molecular flexibility index (Phi) is 5.04. The second-order valence-corrected chi connectivity index (χ2v) is 1.60. The zero-order valence-electron chi connectivity index (χ0n) is 5.17. The highest BCUT2D eigenvalue weighted by Gasteiger charge is 1.92. The maximum absolute atomic E-state index is 9.70. The van der Waals surface area contributed by atoms with Crippen LogP contribution >= 0.6 is 0 Å². The minimum Gasteiger partial charge on any atom is -0.329 e. The van der Waals surface area contributed by atoms with E-state index in [1.807, 2.05) is 0 Å². The zero-order chi connectivity index (χ0) is 7.11. The first-order valence-electron chi connectivity index (χ1n) is 2.80. The van der Waals surface area contributed by atoms with Crippen molar-refractivity contribution < 1.29 is 4.92 Å². The summed E-state index contributed by atoms with van der Waals surface area (Å²) >= 11 is 0. The Labute approximate surface area is 53.4 Å². The van der Waals surface area contributed by atoms with Gasteiger partial charge in [-0.15, -0.1) is 0 Å². The van der Waals surface area contributed by atoms with Crippen LogP contribution in [-0.2, 0) is 0 Å². The van der Waals surface area contributed by atoms with Gasteiger partial charge in [-0.25, -0.2) is 0 Å². The van der Waals surface area contributed by atoms with Gasteiger partial charge < -0.3 is 11.1 Å². The van der Waals surface area contributed by atoms with E-state index in [9.17, 15) is 10.1 Å². The van der Waals surface area contributed by atoms with Gasteiger partial charge >= 0.3 is 0 Å². The highest BCUT2D eigenvalue weighted by atomic mass is 16.6. The molecule has 54 valence electrons. The summed E-state index contributed by atoms with van der Waals surface area (Å²) in [6.45, 7) is 1.55. The van der Waals surface area contributed by atoms with Crippen LogP contribution in [0.4, 0.5) is 0 Å². The van der Waals surface area contributed by atoms with Crippen molar-refractivity contribution >= 4 is 0 Å². The second kappa shape index (κ2) is 5.46. The van der Waals surface area contributed by atoms with Crippen molar-refractivity contribution in [3.8, 4) is 0 Å². The zero-order valence-corrected chi connectivity index (χ0v) is 5.17. The first-order valence-corrected chi connectivity index (χ1v) is 2.80. The molecule has 0 radical (unpaired) electrons. The lowest BCUT2D eigenvalue weighted by molar-refractivity contribution is -0.477. The fourth-order valence-corrected chi connectivity index (χ4v) is 0.397. The summed E-state index contributed by atoms with van der Waals surface area (Å²) in [4.78, 5) is 9.34. The fourth-order valence-electron chi connectivity index (χ4n) is 0.397. The number of nitrogens with one attached hydrogen (secondary N) is 1. The SMILES string of the molecule is NCCNCC[N+](=O)[O-]. The molecule has 0 aromatic carbocycles. The molecular formula is C4H11N3O2. The van der Waals surface area contributed by atoms with E-state index >= 15 is 0 Å². The van der Waals surface area contributed by atoms with Crippen LogP contribution < -0.4 is 11.1 Å². The van der Waals surface area contributed by atoms with Gasteiger partial charge in [0.2, 0.25) is 6.54 Å². The lowest BCUT2D eigenvalue weighted by atomic mass is 10.6. The van der Waals surface area contributed by atoms with Gasteiger partial charge in [-0.1, -0.05) is 0 Å². The smallest absolute Gasteiger partial charge is 0.216 e. The van der Waals surface area contributed by atoms with E-state index in [2.05, 4.69) is 5.32 Å². The van der Waals surface area contributed by atoms with Gasteiger partial charge in [-0.2, -0.15) is 0 Å². The van der Waals surface area contributed by atoms with Crippen LogP contribution in [0.1, 0.15) is 0 Å². The third kappa shape index (κ3) is 7.32. The van der Waals surface area contributed by atoms with Crippen LogP contribution in [0.2, 0.25) is 0 Å². The highest BCUT2D eigenvalue weighted by molar-refractivity contribution is 4.44. The van der Waals surface area contributed by atoms with Crippen LogP contribution in [-0.4, -0.2) is 31.1 Å². The number of hydrogen-bond donors (Lipinski definition) is 2. The molecule has 0 heterocycles. The van der Waals surface area contributed by atoms with Crippen molar-refractivity contribution in [1.29, 1.82) is 0 Å². The molecule has 3 N–H and O–H groups in total. The fraction of sp³-hybridized carbons (Fsp3) is 1.00. The molecule has 0 rings (SSSR count). The van der Waals surface area contributed by atoms with Crippen LogP contribution in [0.25, 0.3) is 0 Å². The third-order valence-corrected chi connectivity index (χ3v) is 0.792. The first kappa shape index (κ1) is 8.32. The van der Waals surface area contributed by atoms with E-state index in [1.54, 1.807) is 0 Å². The molecule has 0 atom stereocenters. The van der Waals surface area contributed by atoms with E-state index in [0.29, 0.717) is 19.6 Å². The minimum atomic E-state index is -0.358. The molecule has 5 nitrogen and oxygen atoms in total. The summed E-state index contributed by atoms with van der Waals surface area (Å²) < 4.78 is 0. The normalized spacial score (nSPS) is 9.44. The molecule has 0 bridgehead atoms. The summed E-state index contributed by atoms with van der Waals surface area (Å²) in [5.74, 6) is 0. The number of rotatable bonds is 5. The number of hydrogen-bond acceptors (Lipinski definition) is 4. The van der Waals surface area contributed by atoms with Gasteiger partial charge in [0.25, 0.3) is 0 Å². The van der Waals surface area contributed by atoms with Crippen molar-refractivity contribution in [2.24, 2.45) is 5.73 Å². The summed E-state index contributed by atoms with van der Waals surface area (Å²) in [6.07, 6.45) is 0. The number of nitro groups is 1. The lowest BCUT2D eigenvalue weighted by Gasteiger charge is -1.95. The van der Waals surface area contributed by atoms with Crippen molar-refractivity contribution in [3.05, 3.63) is 10.1 Å². The summed E-state index contributed by atoms with van der Waals surface area (Å²) in [5, 5.41) is 12.5. The Bertz CT molecular complexity index is 85.9.